The molecule has 0 spiro atoms. The van der Waals surface area contributed by atoms with Crippen LogP contribution in [0.25, 0.3) is 23.1 Å². The highest BCUT2D eigenvalue weighted by Gasteiger charge is 2.14. The van der Waals surface area contributed by atoms with Crippen LogP contribution < -0.4 is 5.73 Å². The first-order valence-electron chi connectivity index (χ1n) is 5.37. The average molecular weight is 338 g/mol. The van der Waals surface area contributed by atoms with E-state index in [1.54, 1.807) is 6.20 Å². The summed E-state index contributed by atoms with van der Waals surface area (Å²) in [5, 5.41) is 6.57. The minimum Gasteiger partial charge on any atom is -0.332 e. The summed E-state index contributed by atoms with van der Waals surface area (Å²) in [4.78, 5) is 12.8. The van der Waals surface area contributed by atoms with Crippen LogP contribution in [0.15, 0.2) is 32.7 Å². The Morgan fingerprint density at radius 2 is 2.16 bits per heavy atom. The summed E-state index contributed by atoms with van der Waals surface area (Å²) in [5.74, 6) is 0.806. The summed E-state index contributed by atoms with van der Waals surface area (Å²) >= 11 is 4.79. The Kier molecular flexibility index (Phi) is 3.36. The quantitative estimate of drug-likeness (QED) is 0.789. The van der Waals surface area contributed by atoms with Gasteiger partial charge in [-0.3, -0.25) is 4.98 Å². The molecule has 0 fully saturated rings. The van der Waals surface area contributed by atoms with Gasteiger partial charge in [-0.05, 0) is 28.1 Å². The maximum absolute atomic E-state index is 5.52. The molecule has 3 aromatic heterocycles. The summed E-state index contributed by atoms with van der Waals surface area (Å²) in [5.41, 5.74) is 6.80. The summed E-state index contributed by atoms with van der Waals surface area (Å²) in [6.07, 6.45) is 1.68. The van der Waals surface area contributed by atoms with Gasteiger partial charge in [-0.1, -0.05) is 5.16 Å². The predicted molar refractivity (Wildman–Crippen MR) is 74.2 cm³/mol. The van der Waals surface area contributed by atoms with Crippen LogP contribution in [0.5, 0.6) is 0 Å². The summed E-state index contributed by atoms with van der Waals surface area (Å²) in [6, 6.07) is 3.68. The molecule has 3 rings (SSSR count). The first-order chi connectivity index (χ1) is 9.26. The maximum Gasteiger partial charge on any atom is 0.277 e. The predicted octanol–water partition coefficient (Wildman–Crippen LogP) is 2.48. The van der Waals surface area contributed by atoms with Gasteiger partial charge in [0, 0.05) is 22.6 Å². The minimum absolute atomic E-state index is 0.371. The van der Waals surface area contributed by atoms with Crippen LogP contribution in [0.1, 0.15) is 5.01 Å². The van der Waals surface area contributed by atoms with E-state index in [0.717, 1.165) is 9.48 Å². The van der Waals surface area contributed by atoms with Crippen molar-refractivity contribution in [2.24, 2.45) is 5.73 Å². The van der Waals surface area contributed by atoms with Crippen LogP contribution in [0.4, 0.5) is 0 Å². The monoisotopic (exact) mass is 337 g/mol. The molecule has 0 saturated heterocycles. The molecular weight excluding hydrogens is 330 g/mol. The fraction of sp³-hybridized carbons (Fsp3) is 0.0909. The second-order valence-corrected chi connectivity index (χ2v) is 5.47. The molecule has 8 heteroatoms. The summed E-state index contributed by atoms with van der Waals surface area (Å²) in [7, 11) is 0. The van der Waals surface area contributed by atoms with E-state index < -0.39 is 0 Å². The van der Waals surface area contributed by atoms with Crippen LogP contribution in [0.2, 0.25) is 0 Å². The normalized spacial score (nSPS) is 10.8. The van der Waals surface area contributed by atoms with E-state index in [1.807, 2.05) is 17.5 Å². The minimum atomic E-state index is 0.371. The molecule has 0 unspecified atom stereocenters. The highest BCUT2D eigenvalue weighted by atomic mass is 79.9. The van der Waals surface area contributed by atoms with Crippen molar-refractivity contribution < 1.29 is 4.52 Å². The van der Waals surface area contributed by atoms with Crippen molar-refractivity contribution >= 4 is 27.3 Å². The molecule has 6 nitrogen and oxygen atoms in total. The molecule has 3 heterocycles. The molecule has 0 aliphatic heterocycles. The van der Waals surface area contributed by atoms with E-state index in [-0.39, 0.29) is 0 Å². The average Bonchev–Trinajstić information content (AvgIpc) is 3.08. The largest absolute Gasteiger partial charge is 0.332 e. The van der Waals surface area contributed by atoms with Gasteiger partial charge in [-0.15, -0.1) is 11.3 Å². The zero-order valence-corrected chi connectivity index (χ0v) is 12.0. The fourth-order valence-electron chi connectivity index (χ4n) is 1.44. The topological polar surface area (TPSA) is 90.7 Å². The second-order valence-electron chi connectivity index (χ2n) is 3.62. The molecule has 0 amide bonds. The lowest BCUT2D eigenvalue weighted by Crippen LogP contribution is -1.94. The van der Waals surface area contributed by atoms with Crippen LogP contribution in [-0.2, 0) is 6.54 Å². The smallest absolute Gasteiger partial charge is 0.277 e. The molecule has 96 valence electrons. The molecule has 19 heavy (non-hydrogen) atoms. The number of rotatable bonds is 3. The van der Waals surface area contributed by atoms with Crippen molar-refractivity contribution in [3.8, 4) is 23.1 Å². The summed E-state index contributed by atoms with van der Waals surface area (Å²) in [6.45, 7) is 0.403. The summed E-state index contributed by atoms with van der Waals surface area (Å²) < 4.78 is 6.08. The number of pyridine rings is 1. The van der Waals surface area contributed by atoms with E-state index in [2.05, 4.69) is 36.0 Å². The molecule has 0 aromatic carbocycles. The van der Waals surface area contributed by atoms with Gasteiger partial charge in [0.25, 0.3) is 5.89 Å². The number of hydrogen-bond donors (Lipinski definition) is 1. The van der Waals surface area contributed by atoms with Gasteiger partial charge in [-0.2, -0.15) is 4.98 Å². The van der Waals surface area contributed by atoms with Crippen molar-refractivity contribution in [2.75, 3.05) is 0 Å². The van der Waals surface area contributed by atoms with Gasteiger partial charge in [0.05, 0.1) is 0 Å². The lowest BCUT2D eigenvalue weighted by molar-refractivity contribution is 0.431. The van der Waals surface area contributed by atoms with E-state index in [4.69, 9.17) is 10.3 Å². The molecule has 0 bridgehead atoms. The lowest BCUT2D eigenvalue weighted by atomic mass is 10.3. The number of halogens is 1. The van der Waals surface area contributed by atoms with Gasteiger partial charge in [0.1, 0.15) is 16.4 Å². The first-order valence-corrected chi connectivity index (χ1v) is 7.04. The van der Waals surface area contributed by atoms with Crippen LogP contribution in [-0.4, -0.2) is 20.1 Å². The maximum atomic E-state index is 5.52. The van der Waals surface area contributed by atoms with Crippen molar-refractivity contribution in [1.29, 1.82) is 0 Å². The lowest BCUT2D eigenvalue weighted by Gasteiger charge is -1.92. The van der Waals surface area contributed by atoms with Gasteiger partial charge in [0.2, 0.25) is 5.82 Å². The SMILES string of the molecule is NCc1nc(-c2nc(-c3ccc(Br)cn3)no2)cs1. The molecule has 2 N–H and O–H groups in total. The van der Waals surface area contributed by atoms with Crippen LogP contribution in [0, 0.1) is 0 Å². The highest BCUT2D eigenvalue weighted by molar-refractivity contribution is 9.10. The van der Waals surface area contributed by atoms with E-state index in [0.29, 0.717) is 29.6 Å². The van der Waals surface area contributed by atoms with E-state index >= 15 is 0 Å². The molecule has 0 saturated carbocycles. The third-order valence-electron chi connectivity index (χ3n) is 2.33. The van der Waals surface area contributed by atoms with Crippen molar-refractivity contribution in [2.45, 2.75) is 6.54 Å². The van der Waals surface area contributed by atoms with E-state index in [1.165, 1.54) is 11.3 Å². The molecule has 0 aliphatic rings. The Morgan fingerprint density at radius 3 is 2.84 bits per heavy atom. The Hall–Kier alpha value is -1.64. The van der Waals surface area contributed by atoms with Gasteiger partial charge < -0.3 is 10.3 Å². The van der Waals surface area contributed by atoms with Crippen molar-refractivity contribution in [1.82, 2.24) is 20.1 Å². The molecule has 3 aromatic rings. The first kappa shape index (κ1) is 12.4. The zero-order valence-electron chi connectivity index (χ0n) is 9.58. The number of hydrogen-bond acceptors (Lipinski definition) is 7. The highest BCUT2D eigenvalue weighted by Crippen LogP contribution is 2.23. The van der Waals surface area contributed by atoms with Gasteiger partial charge >= 0.3 is 0 Å². The Balaban J connectivity index is 1.92. The van der Waals surface area contributed by atoms with E-state index in [9.17, 15) is 0 Å². The Bertz CT molecular complexity index is 693. The molecule has 0 aliphatic carbocycles. The third-order valence-corrected chi connectivity index (χ3v) is 3.67. The number of nitrogens with two attached hydrogens (primary N) is 1. The number of thiazole rings is 1. The van der Waals surface area contributed by atoms with Gasteiger partial charge in [-0.25, -0.2) is 4.98 Å². The molecule has 0 atom stereocenters. The standard InChI is InChI=1S/C11H8BrN5OS/c12-6-1-2-7(14-4-6)10-16-11(18-17-10)8-5-19-9(3-13)15-8/h1-2,4-5H,3,13H2. The van der Waals surface area contributed by atoms with Crippen LogP contribution in [0.3, 0.4) is 0 Å². The second kappa shape index (κ2) is 5.16. The van der Waals surface area contributed by atoms with Gasteiger partial charge in [0.15, 0.2) is 0 Å². The molecular formula is C11H8BrN5OS. The van der Waals surface area contributed by atoms with Crippen molar-refractivity contribution in [3.63, 3.8) is 0 Å². The Morgan fingerprint density at radius 1 is 1.26 bits per heavy atom. The molecule has 0 radical (unpaired) electrons. The van der Waals surface area contributed by atoms with Crippen molar-refractivity contribution in [3.05, 3.63) is 33.2 Å². The third kappa shape index (κ3) is 2.55. The number of aromatic nitrogens is 4. The Labute approximate surface area is 120 Å². The van der Waals surface area contributed by atoms with Crippen LogP contribution >= 0.6 is 27.3 Å². The fourth-order valence-corrected chi connectivity index (χ4v) is 2.33. The number of nitrogens with zero attached hydrogens (tertiary/aromatic N) is 4. The zero-order chi connectivity index (χ0) is 13.2.